The van der Waals surface area contributed by atoms with Gasteiger partial charge in [0, 0.05) is 39.1 Å². The quantitative estimate of drug-likeness (QED) is 0.738. The Morgan fingerprint density at radius 1 is 1.00 bits per heavy atom. The molecule has 5 nitrogen and oxygen atoms in total. The third kappa shape index (κ3) is 4.70. The highest BCUT2D eigenvalue weighted by atomic mass is 16.2. The molecule has 2 fully saturated rings. The Morgan fingerprint density at radius 3 is 2.10 bits per heavy atom. The molecular weight excluding hydrogens is 266 g/mol. The first kappa shape index (κ1) is 16.3. The maximum Gasteiger partial charge on any atom is 0.242 e. The van der Waals surface area contributed by atoms with Crippen LogP contribution in [0, 0.1) is 0 Å². The Kier molecular flexibility index (Phi) is 6.03. The van der Waals surface area contributed by atoms with E-state index in [9.17, 15) is 9.59 Å². The van der Waals surface area contributed by atoms with Gasteiger partial charge in [0.05, 0.1) is 6.54 Å². The number of piperazine rings is 1. The SMILES string of the molecule is CC(=O)N(CC(=O)N1CCN(C)CC1)C1CCCCCC1. The van der Waals surface area contributed by atoms with E-state index in [0.29, 0.717) is 0 Å². The molecule has 0 aromatic rings. The first-order chi connectivity index (χ1) is 10.1. The smallest absolute Gasteiger partial charge is 0.242 e. The molecule has 1 heterocycles. The summed E-state index contributed by atoms with van der Waals surface area (Å²) in [5, 5.41) is 0. The minimum absolute atomic E-state index is 0.0457. The van der Waals surface area contributed by atoms with Crippen molar-refractivity contribution in [3.05, 3.63) is 0 Å². The van der Waals surface area contributed by atoms with Crippen LogP contribution in [0.15, 0.2) is 0 Å². The average Bonchev–Trinajstić information content (AvgIpc) is 2.73. The molecule has 1 aliphatic carbocycles. The standard InChI is InChI=1S/C16H29N3O2/c1-14(20)19(15-7-5-3-4-6-8-15)13-16(21)18-11-9-17(2)10-12-18/h15H,3-13H2,1-2H3. The number of nitrogens with zero attached hydrogens (tertiary/aromatic N) is 3. The maximum absolute atomic E-state index is 12.5. The lowest BCUT2D eigenvalue weighted by molar-refractivity contribution is -0.142. The van der Waals surface area contributed by atoms with Crippen LogP contribution in [0.1, 0.15) is 45.4 Å². The second kappa shape index (κ2) is 7.78. The summed E-state index contributed by atoms with van der Waals surface area (Å²) >= 11 is 0. The molecule has 0 aromatic heterocycles. The molecule has 2 amide bonds. The molecule has 0 aromatic carbocycles. The fraction of sp³-hybridized carbons (Fsp3) is 0.875. The highest BCUT2D eigenvalue weighted by Crippen LogP contribution is 2.22. The van der Waals surface area contributed by atoms with Crippen molar-refractivity contribution in [3.8, 4) is 0 Å². The maximum atomic E-state index is 12.5. The van der Waals surface area contributed by atoms with E-state index in [1.165, 1.54) is 25.7 Å². The molecule has 120 valence electrons. The van der Waals surface area contributed by atoms with Crippen LogP contribution in [0.3, 0.4) is 0 Å². The van der Waals surface area contributed by atoms with E-state index in [-0.39, 0.29) is 24.4 Å². The van der Waals surface area contributed by atoms with Crippen LogP contribution < -0.4 is 0 Å². The van der Waals surface area contributed by atoms with Crippen molar-refractivity contribution in [2.75, 3.05) is 39.8 Å². The summed E-state index contributed by atoms with van der Waals surface area (Å²) in [7, 11) is 2.08. The summed E-state index contributed by atoms with van der Waals surface area (Å²) in [4.78, 5) is 30.4. The fourth-order valence-corrected chi connectivity index (χ4v) is 3.37. The van der Waals surface area contributed by atoms with Gasteiger partial charge in [-0.25, -0.2) is 0 Å². The predicted octanol–water partition coefficient (Wildman–Crippen LogP) is 1.33. The van der Waals surface area contributed by atoms with Crippen molar-refractivity contribution < 1.29 is 9.59 Å². The summed E-state index contributed by atoms with van der Waals surface area (Å²) in [5.41, 5.74) is 0. The van der Waals surface area contributed by atoms with Crippen molar-refractivity contribution in [2.24, 2.45) is 0 Å². The minimum Gasteiger partial charge on any atom is -0.339 e. The van der Waals surface area contributed by atoms with Crippen molar-refractivity contribution >= 4 is 11.8 Å². The lowest BCUT2D eigenvalue weighted by Crippen LogP contribution is -2.52. The van der Waals surface area contributed by atoms with Crippen molar-refractivity contribution in [1.29, 1.82) is 0 Å². The third-order valence-electron chi connectivity index (χ3n) is 4.83. The van der Waals surface area contributed by atoms with Crippen LogP contribution >= 0.6 is 0 Å². The Labute approximate surface area is 128 Å². The van der Waals surface area contributed by atoms with E-state index >= 15 is 0 Å². The molecule has 2 aliphatic rings. The van der Waals surface area contributed by atoms with Gasteiger partial charge in [0.15, 0.2) is 0 Å². The number of amides is 2. The third-order valence-corrected chi connectivity index (χ3v) is 4.83. The number of likely N-dealkylation sites (N-methyl/N-ethyl adjacent to an activating group) is 1. The Morgan fingerprint density at radius 2 is 1.57 bits per heavy atom. The first-order valence-corrected chi connectivity index (χ1v) is 8.31. The summed E-state index contributed by atoms with van der Waals surface area (Å²) in [6, 6.07) is 0.265. The number of hydrogen-bond acceptors (Lipinski definition) is 3. The van der Waals surface area contributed by atoms with Crippen LogP contribution in [0.5, 0.6) is 0 Å². The Bertz CT molecular complexity index is 357. The molecule has 0 spiro atoms. The molecule has 0 unspecified atom stereocenters. The topological polar surface area (TPSA) is 43.9 Å². The van der Waals surface area contributed by atoms with Crippen LogP contribution in [0.4, 0.5) is 0 Å². The fourth-order valence-electron chi connectivity index (χ4n) is 3.37. The van der Waals surface area contributed by atoms with E-state index < -0.39 is 0 Å². The predicted molar refractivity (Wildman–Crippen MR) is 83.0 cm³/mol. The first-order valence-electron chi connectivity index (χ1n) is 8.31. The van der Waals surface area contributed by atoms with E-state index in [0.717, 1.165) is 39.0 Å². The van der Waals surface area contributed by atoms with Gasteiger partial charge in [-0.1, -0.05) is 25.7 Å². The number of carbonyl (C=O) groups excluding carboxylic acids is 2. The van der Waals surface area contributed by atoms with Crippen molar-refractivity contribution in [3.63, 3.8) is 0 Å². The summed E-state index contributed by atoms with van der Waals surface area (Å²) < 4.78 is 0. The lowest BCUT2D eigenvalue weighted by Gasteiger charge is -2.35. The van der Waals surface area contributed by atoms with Crippen molar-refractivity contribution in [2.45, 2.75) is 51.5 Å². The molecule has 1 saturated carbocycles. The molecule has 0 radical (unpaired) electrons. The van der Waals surface area contributed by atoms with E-state index in [4.69, 9.17) is 0 Å². The minimum atomic E-state index is 0.0457. The lowest BCUT2D eigenvalue weighted by atomic mass is 10.1. The van der Waals surface area contributed by atoms with Gasteiger partial charge in [0.2, 0.25) is 11.8 Å². The molecule has 21 heavy (non-hydrogen) atoms. The second-order valence-corrected chi connectivity index (χ2v) is 6.48. The Balaban J connectivity index is 1.92. The largest absolute Gasteiger partial charge is 0.339 e. The normalized spacial score (nSPS) is 21.9. The zero-order chi connectivity index (χ0) is 15.2. The Hall–Kier alpha value is -1.10. The van der Waals surface area contributed by atoms with Crippen LogP contribution in [-0.2, 0) is 9.59 Å². The van der Waals surface area contributed by atoms with E-state index in [1.807, 2.05) is 9.80 Å². The van der Waals surface area contributed by atoms with Crippen molar-refractivity contribution in [1.82, 2.24) is 14.7 Å². The zero-order valence-corrected chi connectivity index (χ0v) is 13.5. The van der Waals surface area contributed by atoms with Gasteiger partial charge in [-0.05, 0) is 19.9 Å². The average molecular weight is 295 g/mol. The zero-order valence-electron chi connectivity index (χ0n) is 13.5. The second-order valence-electron chi connectivity index (χ2n) is 6.48. The van der Waals surface area contributed by atoms with Gasteiger partial charge in [0.25, 0.3) is 0 Å². The van der Waals surface area contributed by atoms with E-state index in [1.54, 1.807) is 6.92 Å². The number of carbonyl (C=O) groups is 2. The molecule has 2 rings (SSSR count). The van der Waals surface area contributed by atoms with Crippen LogP contribution in [0.25, 0.3) is 0 Å². The van der Waals surface area contributed by atoms with Gasteiger partial charge in [0.1, 0.15) is 0 Å². The van der Waals surface area contributed by atoms with Gasteiger partial charge in [-0.3, -0.25) is 9.59 Å². The molecule has 1 aliphatic heterocycles. The van der Waals surface area contributed by atoms with Gasteiger partial charge < -0.3 is 14.7 Å². The van der Waals surface area contributed by atoms with Gasteiger partial charge in [-0.15, -0.1) is 0 Å². The number of hydrogen-bond donors (Lipinski definition) is 0. The van der Waals surface area contributed by atoms with E-state index in [2.05, 4.69) is 11.9 Å². The molecule has 0 bridgehead atoms. The summed E-state index contributed by atoms with van der Waals surface area (Å²) in [6.07, 6.45) is 6.97. The highest BCUT2D eigenvalue weighted by molar-refractivity contribution is 5.84. The molecule has 5 heteroatoms. The van der Waals surface area contributed by atoms with Crippen LogP contribution in [-0.4, -0.2) is 72.3 Å². The number of rotatable bonds is 3. The highest BCUT2D eigenvalue weighted by Gasteiger charge is 2.27. The summed E-state index contributed by atoms with van der Waals surface area (Å²) in [5.74, 6) is 0.159. The molecule has 1 saturated heterocycles. The van der Waals surface area contributed by atoms with Gasteiger partial charge >= 0.3 is 0 Å². The molecule has 0 atom stereocenters. The van der Waals surface area contributed by atoms with Crippen LogP contribution in [0.2, 0.25) is 0 Å². The summed E-state index contributed by atoms with van der Waals surface area (Å²) in [6.45, 7) is 5.29. The van der Waals surface area contributed by atoms with Gasteiger partial charge in [-0.2, -0.15) is 0 Å². The monoisotopic (exact) mass is 295 g/mol. The molecule has 0 N–H and O–H groups in total. The molecular formula is C16H29N3O2.